The van der Waals surface area contributed by atoms with Crippen molar-refractivity contribution in [3.05, 3.63) is 71.3 Å². The summed E-state index contributed by atoms with van der Waals surface area (Å²) in [5, 5.41) is 1.28. The van der Waals surface area contributed by atoms with Gasteiger partial charge < -0.3 is 0 Å². The zero-order valence-corrected chi connectivity index (χ0v) is 14.1. The van der Waals surface area contributed by atoms with Crippen LogP contribution in [0.15, 0.2) is 54.6 Å². The fraction of sp³-hybridized carbons (Fsp3) is 0.250. The van der Waals surface area contributed by atoms with Crippen LogP contribution in [0.1, 0.15) is 39.1 Å². The van der Waals surface area contributed by atoms with E-state index in [1.165, 1.54) is 5.06 Å². The number of hydrogen-bond acceptors (Lipinski definition) is 4. The van der Waals surface area contributed by atoms with Gasteiger partial charge in [-0.15, -0.1) is 0 Å². The van der Waals surface area contributed by atoms with E-state index in [4.69, 9.17) is 4.84 Å². The maximum Gasteiger partial charge on any atom is 0.269 e. The molecule has 0 saturated carbocycles. The van der Waals surface area contributed by atoms with Crippen molar-refractivity contribution >= 4 is 17.7 Å². The van der Waals surface area contributed by atoms with Crippen molar-refractivity contribution in [3.63, 3.8) is 0 Å². The van der Waals surface area contributed by atoms with Gasteiger partial charge in [-0.1, -0.05) is 42.5 Å². The second-order valence-corrected chi connectivity index (χ2v) is 6.38. The summed E-state index contributed by atoms with van der Waals surface area (Å²) in [6.07, 6.45) is 1.12. The van der Waals surface area contributed by atoms with E-state index in [2.05, 4.69) is 0 Å². The SMILES string of the molecule is O=C1[C@H](N2C(=O)c3ccccc3C2=O)CCCN1OCc1ccccc1. The molecule has 0 N–H and O–H groups in total. The van der Waals surface area contributed by atoms with Crippen LogP contribution < -0.4 is 0 Å². The van der Waals surface area contributed by atoms with Gasteiger partial charge >= 0.3 is 0 Å². The third-order valence-electron chi connectivity index (χ3n) is 4.74. The number of hydroxylamine groups is 2. The first-order valence-corrected chi connectivity index (χ1v) is 8.62. The van der Waals surface area contributed by atoms with Crippen molar-refractivity contribution in [3.8, 4) is 0 Å². The highest BCUT2D eigenvalue weighted by Gasteiger charge is 2.45. The Balaban J connectivity index is 1.50. The third-order valence-corrected chi connectivity index (χ3v) is 4.74. The Bertz CT molecular complexity index is 830. The topological polar surface area (TPSA) is 66.9 Å². The van der Waals surface area contributed by atoms with Gasteiger partial charge in [-0.05, 0) is 30.5 Å². The Morgan fingerprint density at radius 2 is 1.50 bits per heavy atom. The number of carbonyl (C=O) groups excluding carboxylic acids is 3. The molecule has 0 aliphatic carbocycles. The lowest BCUT2D eigenvalue weighted by atomic mass is 10.0. The van der Waals surface area contributed by atoms with Crippen LogP contribution in [-0.4, -0.2) is 40.3 Å². The van der Waals surface area contributed by atoms with Crippen LogP contribution in [0.4, 0.5) is 0 Å². The van der Waals surface area contributed by atoms with Gasteiger partial charge in [-0.2, -0.15) is 0 Å². The minimum atomic E-state index is -0.813. The Kier molecular flexibility index (Phi) is 4.26. The average Bonchev–Trinajstić information content (AvgIpc) is 2.93. The molecular formula is C20H18N2O4. The number of hydrogen-bond donors (Lipinski definition) is 0. The van der Waals surface area contributed by atoms with E-state index in [0.717, 1.165) is 10.5 Å². The van der Waals surface area contributed by atoms with Gasteiger partial charge in [0.05, 0.1) is 11.1 Å². The zero-order chi connectivity index (χ0) is 18.1. The van der Waals surface area contributed by atoms with E-state index in [9.17, 15) is 14.4 Å². The highest BCUT2D eigenvalue weighted by molar-refractivity contribution is 6.22. The molecule has 6 heteroatoms. The molecule has 2 heterocycles. The molecule has 2 aromatic rings. The molecule has 2 aromatic carbocycles. The molecule has 2 aliphatic heterocycles. The van der Waals surface area contributed by atoms with Crippen LogP contribution in [0.25, 0.3) is 0 Å². The molecular weight excluding hydrogens is 332 g/mol. The molecule has 1 fully saturated rings. The number of imide groups is 1. The smallest absolute Gasteiger partial charge is 0.269 e. The molecule has 4 rings (SSSR count). The summed E-state index contributed by atoms with van der Waals surface area (Å²) in [5.41, 5.74) is 1.66. The lowest BCUT2D eigenvalue weighted by Crippen LogP contribution is -2.54. The summed E-state index contributed by atoms with van der Waals surface area (Å²) < 4.78 is 0. The van der Waals surface area contributed by atoms with Gasteiger partial charge in [-0.3, -0.25) is 24.1 Å². The number of piperidine rings is 1. The highest BCUT2D eigenvalue weighted by Crippen LogP contribution is 2.28. The summed E-state index contributed by atoms with van der Waals surface area (Å²) in [6.45, 7) is 0.715. The van der Waals surface area contributed by atoms with Crippen LogP contribution in [0.3, 0.4) is 0 Å². The van der Waals surface area contributed by atoms with Gasteiger partial charge in [0.1, 0.15) is 12.6 Å². The van der Waals surface area contributed by atoms with Crippen molar-refractivity contribution in [2.24, 2.45) is 0 Å². The molecule has 26 heavy (non-hydrogen) atoms. The molecule has 3 amide bonds. The van der Waals surface area contributed by atoms with Gasteiger partial charge in [-0.25, -0.2) is 5.06 Å². The van der Waals surface area contributed by atoms with Crippen LogP contribution in [0.2, 0.25) is 0 Å². The molecule has 132 valence electrons. The number of benzene rings is 2. The fourth-order valence-electron chi connectivity index (χ4n) is 3.41. The molecule has 0 radical (unpaired) electrons. The summed E-state index contributed by atoms with van der Waals surface area (Å²) in [5.74, 6) is -1.16. The average molecular weight is 350 g/mol. The minimum Gasteiger partial charge on any atom is -0.270 e. The Labute approximate surface area is 150 Å². The molecule has 0 spiro atoms. The first-order chi connectivity index (χ1) is 12.7. The van der Waals surface area contributed by atoms with E-state index >= 15 is 0 Å². The van der Waals surface area contributed by atoms with Crippen molar-refractivity contribution in [2.75, 3.05) is 6.54 Å². The summed E-state index contributed by atoms with van der Waals surface area (Å²) >= 11 is 0. The zero-order valence-electron chi connectivity index (χ0n) is 14.1. The largest absolute Gasteiger partial charge is 0.270 e. The summed E-state index contributed by atoms with van der Waals surface area (Å²) in [7, 11) is 0. The van der Waals surface area contributed by atoms with Crippen molar-refractivity contribution in [1.29, 1.82) is 0 Å². The Morgan fingerprint density at radius 3 is 2.15 bits per heavy atom. The first-order valence-electron chi connectivity index (χ1n) is 8.62. The maximum absolute atomic E-state index is 12.8. The third kappa shape index (κ3) is 2.78. The number of carbonyl (C=O) groups is 3. The van der Waals surface area contributed by atoms with Crippen LogP contribution in [0, 0.1) is 0 Å². The predicted molar refractivity (Wildman–Crippen MR) is 92.9 cm³/mol. The highest BCUT2D eigenvalue weighted by atomic mass is 16.7. The number of rotatable bonds is 4. The summed E-state index contributed by atoms with van der Waals surface area (Å²) in [4.78, 5) is 44.8. The molecule has 2 aliphatic rings. The van der Waals surface area contributed by atoms with Crippen LogP contribution in [-0.2, 0) is 16.2 Å². The van der Waals surface area contributed by atoms with Gasteiger partial charge in [0.2, 0.25) is 0 Å². The minimum absolute atomic E-state index is 0.265. The van der Waals surface area contributed by atoms with Gasteiger partial charge in [0.25, 0.3) is 17.7 Å². The molecule has 1 atom stereocenters. The van der Waals surface area contributed by atoms with Crippen molar-refractivity contribution < 1.29 is 19.2 Å². The van der Waals surface area contributed by atoms with Crippen molar-refractivity contribution in [1.82, 2.24) is 9.96 Å². The molecule has 0 aromatic heterocycles. The van der Waals surface area contributed by atoms with E-state index in [-0.39, 0.29) is 12.5 Å². The molecule has 0 unspecified atom stereocenters. The van der Waals surface area contributed by atoms with E-state index in [0.29, 0.717) is 30.5 Å². The second-order valence-electron chi connectivity index (χ2n) is 6.38. The number of fused-ring (bicyclic) bond motifs is 1. The number of amides is 3. The van der Waals surface area contributed by atoms with Crippen LogP contribution >= 0.6 is 0 Å². The lowest BCUT2D eigenvalue weighted by molar-refractivity contribution is -0.201. The van der Waals surface area contributed by atoms with Crippen LogP contribution in [0.5, 0.6) is 0 Å². The fourth-order valence-corrected chi connectivity index (χ4v) is 3.41. The van der Waals surface area contributed by atoms with E-state index in [1.54, 1.807) is 24.3 Å². The Hall–Kier alpha value is -2.99. The monoisotopic (exact) mass is 350 g/mol. The lowest BCUT2D eigenvalue weighted by Gasteiger charge is -2.34. The standard InChI is InChI=1S/C20H18N2O4/c23-18-15-9-4-5-10-16(15)19(24)22(18)17-11-6-12-21(20(17)25)26-13-14-7-2-1-3-8-14/h1-5,7-10,17H,6,11-13H2/t17-/m1/s1. The first kappa shape index (κ1) is 16.5. The quantitative estimate of drug-likeness (QED) is 0.794. The molecule has 6 nitrogen and oxygen atoms in total. The summed E-state index contributed by atoms with van der Waals surface area (Å²) in [6, 6.07) is 15.4. The maximum atomic E-state index is 12.8. The predicted octanol–water partition coefficient (Wildman–Crippen LogP) is 2.41. The molecule has 1 saturated heterocycles. The molecule has 0 bridgehead atoms. The van der Waals surface area contributed by atoms with Crippen molar-refractivity contribution in [2.45, 2.75) is 25.5 Å². The van der Waals surface area contributed by atoms with Gasteiger partial charge in [0, 0.05) is 6.54 Å². The van der Waals surface area contributed by atoms with Gasteiger partial charge in [0.15, 0.2) is 0 Å². The Morgan fingerprint density at radius 1 is 0.885 bits per heavy atom. The van der Waals surface area contributed by atoms with E-state index in [1.807, 2.05) is 30.3 Å². The normalized spacial score (nSPS) is 19.8. The van der Waals surface area contributed by atoms with E-state index < -0.39 is 17.9 Å². The number of nitrogens with zero attached hydrogens (tertiary/aromatic N) is 2. The second kappa shape index (κ2) is 6.72.